The van der Waals surface area contributed by atoms with Crippen molar-refractivity contribution in [2.24, 2.45) is 17.6 Å². The molecule has 5 heteroatoms. The van der Waals surface area contributed by atoms with Gasteiger partial charge in [0, 0.05) is 26.1 Å². The van der Waals surface area contributed by atoms with Crippen molar-refractivity contribution in [3.05, 3.63) is 29.8 Å². The third kappa shape index (κ3) is 9.21. The Bertz CT molecular complexity index is 446. The van der Waals surface area contributed by atoms with Crippen LogP contribution in [0.15, 0.2) is 24.3 Å². The fourth-order valence-corrected chi connectivity index (χ4v) is 2.01. The lowest BCUT2D eigenvalue weighted by Crippen LogP contribution is -2.33. The van der Waals surface area contributed by atoms with Crippen molar-refractivity contribution in [1.29, 1.82) is 0 Å². The van der Waals surface area contributed by atoms with Gasteiger partial charge < -0.3 is 21.1 Å². The van der Waals surface area contributed by atoms with Crippen molar-refractivity contribution < 1.29 is 9.53 Å². The minimum atomic E-state index is 0.0244. The number of ether oxygens (including phenoxy) is 1. The van der Waals surface area contributed by atoms with E-state index in [1.54, 1.807) is 0 Å². The molecule has 1 aromatic rings. The van der Waals surface area contributed by atoms with E-state index in [1.165, 1.54) is 5.56 Å². The van der Waals surface area contributed by atoms with Gasteiger partial charge in [-0.15, -0.1) is 0 Å². The number of carbonyl (C=O) groups excluding carboxylic acids is 1. The van der Waals surface area contributed by atoms with Gasteiger partial charge in [0.25, 0.3) is 0 Å². The first kappa shape index (κ1) is 19.5. The maximum atomic E-state index is 11.3. The second kappa shape index (κ2) is 11.0. The Morgan fingerprint density at radius 2 is 1.87 bits per heavy atom. The number of benzene rings is 1. The van der Waals surface area contributed by atoms with E-state index >= 15 is 0 Å². The Labute approximate surface area is 140 Å². The first-order valence-corrected chi connectivity index (χ1v) is 8.40. The normalized spacial score (nSPS) is 12.2. The number of hydrogen-bond acceptors (Lipinski definition) is 4. The van der Waals surface area contributed by atoms with E-state index in [4.69, 9.17) is 10.5 Å². The number of amides is 1. The molecule has 1 aromatic carbocycles. The topological polar surface area (TPSA) is 76.4 Å². The highest BCUT2D eigenvalue weighted by atomic mass is 16.5. The predicted molar refractivity (Wildman–Crippen MR) is 94.3 cm³/mol. The Hall–Kier alpha value is -1.59. The summed E-state index contributed by atoms with van der Waals surface area (Å²) in [5.41, 5.74) is 6.57. The average Bonchev–Trinajstić information content (AvgIpc) is 2.52. The summed E-state index contributed by atoms with van der Waals surface area (Å²) in [5.74, 6) is 1.85. The smallest absolute Gasteiger partial charge is 0.221 e. The zero-order chi connectivity index (χ0) is 17.1. The molecule has 0 aliphatic rings. The lowest BCUT2D eigenvalue weighted by Gasteiger charge is -2.14. The lowest BCUT2D eigenvalue weighted by molar-refractivity contribution is -0.121. The molecule has 0 radical (unpaired) electrons. The van der Waals surface area contributed by atoms with Gasteiger partial charge in [0.05, 0.1) is 6.61 Å². The molecule has 130 valence electrons. The highest BCUT2D eigenvalue weighted by Gasteiger charge is 2.05. The molecule has 1 amide bonds. The summed E-state index contributed by atoms with van der Waals surface area (Å²) in [4.78, 5) is 11.3. The van der Waals surface area contributed by atoms with Gasteiger partial charge in [-0.2, -0.15) is 0 Å². The predicted octanol–water partition coefficient (Wildman–Crippen LogP) is 1.91. The van der Waals surface area contributed by atoms with E-state index in [1.807, 2.05) is 12.1 Å². The maximum Gasteiger partial charge on any atom is 0.221 e. The molecule has 1 atom stereocenters. The van der Waals surface area contributed by atoms with Crippen molar-refractivity contribution in [3.63, 3.8) is 0 Å². The van der Waals surface area contributed by atoms with Gasteiger partial charge in [-0.25, -0.2) is 0 Å². The highest BCUT2D eigenvalue weighted by Crippen LogP contribution is 2.13. The van der Waals surface area contributed by atoms with Crippen LogP contribution in [-0.2, 0) is 11.3 Å². The molecule has 1 rings (SSSR count). The van der Waals surface area contributed by atoms with Crippen LogP contribution in [0.5, 0.6) is 5.75 Å². The molecule has 0 saturated carbocycles. The Morgan fingerprint density at radius 1 is 1.17 bits per heavy atom. The molecular weight excluding hydrogens is 290 g/mol. The molecule has 5 nitrogen and oxygen atoms in total. The fourth-order valence-electron chi connectivity index (χ4n) is 2.01. The number of nitrogens with one attached hydrogen (secondary N) is 2. The molecule has 4 N–H and O–H groups in total. The van der Waals surface area contributed by atoms with Crippen LogP contribution < -0.4 is 21.1 Å². The van der Waals surface area contributed by atoms with Crippen molar-refractivity contribution >= 4 is 5.91 Å². The Kier molecular flexibility index (Phi) is 9.33. The molecule has 0 spiro atoms. The zero-order valence-corrected chi connectivity index (χ0v) is 14.6. The summed E-state index contributed by atoms with van der Waals surface area (Å²) >= 11 is 0. The van der Waals surface area contributed by atoms with E-state index in [-0.39, 0.29) is 5.91 Å². The molecule has 0 aliphatic carbocycles. The second-order valence-corrected chi connectivity index (χ2v) is 6.43. The molecule has 0 bridgehead atoms. The Balaban J connectivity index is 2.20. The molecule has 0 aromatic heterocycles. The van der Waals surface area contributed by atoms with Gasteiger partial charge in [0.2, 0.25) is 5.91 Å². The molecule has 0 aliphatic heterocycles. The average molecular weight is 321 g/mol. The first-order valence-electron chi connectivity index (χ1n) is 8.40. The van der Waals surface area contributed by atoms with E-state index < -0.39 is 0 Å². The van der Waals surface area contributed by atoms with E-state index in [9.17, 15) is 4.79 Å². The summed E-state index contributed by atoms with van der Waals surface area (Å²) in [7, 11) is 0. The number of nitrogens with two attached hydrogens (primary N) is 1. The van der Waals surface area contributed by atoms with Gasteiger partial charge in [-0.05, 0) is 36.1 Å². The molecular formula is C18H31N3O2. The molecule has 23 heavy (non-hydrogen) atoms. The van der Waals surface area contributed by atoms with Crippen LogP contribution >= 0.6 is 0 Å². The molecule has 0 saturated heterocycles. The standard InChI is InChI=1S/C18H31N3O2/c1-14(2)13-23-17-6-4-16(5-7-17)12-20-10-15(3)11-21-18(22)8-9-19/h4-7,14-15,20H,8-13,19H2,1-3H3,(H,21,22). The fraction of sp³-hybridized carbons (Fsp3) is 0.611. The summed E-state index contributed by atoms with van der Waals surface area (Å²) in [5, 5.41) is 6.30. The molecule has 0 heterocycles. The monoisotopic (exact) mass is 321 g/mol. The minimum absolute atomic E-state index is 0.0244. The van der Waals surface area contributed by atoms with E-state index in [0.717, 1.165) is 25.4 Å². The molecule has 0 fully saturated rings. The van der Waals surface area contributed by atoms with Crippen molar-refractivity contribution in [2.45, 2.75) is 33.7 Å². The van der Waals surface area contributed by atoms with Gasteiger partial charge in [0.15, 0.2) is 0 Å². The van der Waals surface area contributed by atoms with Gasteiger partial charge >= 0.3 is 0 Å². The third-order valence-corrected chi connectivity index (χ3v) is 3.35. The minimum Gasteiger partial charge on any atom is -0.493 e. The largest absolute Gasteiger partial charge is 0.493 e. The summed E-state index contributed by atoms with van der Waals surface area (Å²) in [6, 6.07) is 8.18. The molecule has 1 unspecified atom stereocenters. The van der Waals surface area contributed by atoms with Crippen LogP contribution in [0.25, 0.3) is 0 Å². The van der Waals surface area contributed by atoms with Crippen LogP contribution in [0.2, 0.25) is 0 Å². The number of hydrogen-bond donors (Lipinski definition) is 3. The number of carbonyl (C=O) groups is 1. The van der Waals surface area contributed by atoms with Gasteiger partial charge in [-0.1, -0.05) is 32.9 Å². The van der Waals surface area contributed by atoms with Crippen LogP contribution in [0.3, 0.4) is 0 Å². The zero-order valence-electron chi connectivity index (χ0n) is 14.6. The lowest BCUT2D eigenvalue weighted by atomic mass is 10.1. The van der Waals surface area contributed by atoms with Crippen LogP contribution in [0.4, 0.5) is 0 Å². The van der Waals surface area contributed by atoms with E-state index in [2.05, 4.69) is 43.5 Å². The highest BCUT2D eigenvalue weighted by molar-refractivity contribution is 5.75. The summed E-state index contributed by atoms with van der Waals surface area (Å²) in [6.07, 6.45) is 0.394. The maximum absolute atomic E-state index is 11.3. The Morgan fingerprint density at radius 3 is 2.48 bits per heavy atom. The van der Waals surface area contributed by atoms with Crippen molar-refractivity contribution in [2.75, 3.05) is 26.2 Å². The quantitative estimate of drug-likeness (QED) is 0.582. The van der Waals surface area contributed by atoms with Crippen LogP contribution in [0, 0.1) is 11.8 Å². The van der Waals surface area contributed by atoms with Crippen molar-refractivity contribution in [1.82, 2.24) is 10.6 Å². The first-order chi connectivity index (χ1) is 11.0. The summed E-state index contributed by atoms with van der Waals surface area (Å²) in [6.45, 7) is 9.86. The van der Waals surface area contributed by atoms with Crippen LogP contribution in [0.1, 0.15) is 32.8 Å². The number of rotatable bonds is 11. The van der Waals surface area contributed by atoms with E-state index in [0.29, 0.717) is 31.3 Å². The van der Waals surface area contributed by atoms with Crippen LogP contribution in [-0.4, -0.2) is 32.1 Å². The SMILES string of the molecule is CC(C)COc1ccc(CNCC(C)CNC(=O)CCN)cc1. The second-order valence-electron chi connectivity index (χ2n) is 6.43. The van der Waals surface area contributed by atoms with Crippen molar-refractivity contribution in [3.8, 4) is 5.75 Å². The summed E-state index contributed by atoms with van der Waals surface area (Å²) < 4.78 is 5.67. The van der Waals surface area contributed by atoms with Gasteiger partial charge in [0.1, 0.15) is 5.75 Å². The third-order valence-electron chi connectivity index (χ3n) is 3.35. The van der Waals surface area contributed by atoms with Gasteiger partial charge in [-0.3, -0.25) is 4.79 Å².